The minimum atomic E-state index is 0.432. The van der Waals surface area contributed by atoms with Crippen LogP contribution in [0.25, 0.3) is 0 Å². The van der Waals surface area contributed by atoms with E-state index in [2.05, 4.69) is 60.7 Å². The number of guanidine groups is 1. The molecule has 2 rings (SSSR count). The van der Waals surface area contributed by atoms with Gasteiger partial charge < -0.3 is 10.6 Å². The lowest BCUT2D eigenvalue weighted by atomic mass is 10.0. The lowest BCUT2D eigenvalue weighted by Gasteiger charge is -2.16. The number of nitrogens with one attached hydrogen (secondary N) is 2. The van der Waals surface area contributed by atoms with Crippen LogP contribution in [0.5, 0.6) is 0 Å². The van der Waals surface area contributed by atoms with Gasteiger partial charge in [0.05, 0.1) is 17.2 Å². The van der Waals surface area contributed by atoms with Crippen LogP contribution in [-0.4, -0.2) is 24.0 Å². The summed E-state index contributed by atoms with van der Waals surface area (Å²) >= 11 is 1.72. The van der Waals surface area contributed by atoms with Gasteiger partial charge in [0.15, 0.2) is 5.96 Å². The van der Waals surface area contributed by atoms with Gasteiger partial charge in [0.1, 0.15) is 0 Å². The Morgan fingerprint density at radius 3 is 2.46 bits per heavy atom. The van der Waals surface area contributed by atoms with Crippen molar-refractivity contribution < 1.29 is 0 Å². The van der Waals surface area contributed by atoms with E-state index >= 15 is 0 Å². The molecule has 1 aromatic heterocycles. The van der Waals surface area contributed by atoms with Gasteiger partial charge in [0.25, 0.3) is 0 Å². The van der Waals surface area contributed by atoms with Crippen LogP contribution in [0.15, 0.2) is 29.3 Å². The molecule has 0 radical (unpaired) electrons. The summed E-state index contributed by atoms with van der Waals surface area (Å²) in [6.07, 6.45) is 0. The number of aryl methyl sites for hydroxylation is 3. The van der Waals surface area contributed by atoms with Crippen molar-refractivity contribution in [3.63, 3.8) is 0 Å². The number of aliphatic imine (C=N–C) groups is 1. The topological polar surface area (TPSA) is 49.3 Å². The summed E-state index contributed by atoms with van der Waals surface area (Å²) in [7, 11) is 0. The van der Waals surface area contributed by atoms with Gasteiger partial charge in [-0.25, -0.2) is 9.98 Å². The van der Waals surface area contributed by atoms with Crippen LogP contribution in [0, 0.1) is 20.8 Å². The van der Waals surface area contributed by atoms with Gasteiger partial charge >= 0.3 is 0 Å². The number of nitrogens with zero attached hydrogens (tertiary/aromatic N) is 2. The van der Waals surface area contributed by atoms with Crippen LogP contribution < -0.4 is 10.6 Å². The second-order valence-electron chi connectivity index (χ2n) is 6.13. The first kappa shape index (κ1) is 18.5. The minimum absolute atomic E-state index is 0.432. The second kappa shape index (κ2) is 8.83. The average Bonchev–Trinajstić information content (AvgIpc) is 2.88. The molecule has 0 saturated heterocycles. The quantitative estimate of drug-likeness (QED) is 0.617. The molecule has 1 heterocycles. The molecular weight excluding hydrogens is 316 g/mol. The highest BCUT2D eigenvalue weighted by atomic mass is 32.1. The van der Waals surface area contributed by atoms with Crippen molar-refractivity contribution >= 4 is 17.3 Å². The molecule has 2 N–H and O–H groups in total. The highest BCUT2D eigenvalue weighted by molar-refractivity contribution is 7.11. The second-order valence-corrected chi connectivity index (χ2v) is 7.42. The summed E-state index contributed by atoms with van der Waals surface area (Å²) in [4.78, 5) is 10.4. The molecule has 5 heteroatoms. The fourth-order valence-corrected chi connectivity index (χ4v) is 3.34. The van der Waals surface area contributed by atoms with Crippen LogP contribution >= 0.6 is 11.3 Å². The number of thiazole rings is 1. The molecule has 24 heavy (non-hydrogen) atoms. The third kappa shape index (κ3) is 5.34. The summed E-state index contributed by atoms with van der Waals surface area (Å²) in [5.74, 6) is 1.30. The van der Waals surface area contributed by atoms with E-state index in [9.17, 15) is 0 Å². The summed E-state index contributed by atoms with van der Waals surface area (Å²) in [6.45, 7) is 12.9. The Morgan fingerprint density at radius 1 is 1.17 bits per heavy atom. The Labute approximate surface area is 149 Å². The van der Waals surface area contributed by atoms with Crippen LogP contribution in [0.3, 0.4) is 0 Å². The Morgan fingerprint density at radius 2 is 1.88 bits per heavy atom. The molecule has 0 bridgehead atoms. The number of hydrogen-bond donors (Lipinski definition) is 2. The SMILES string of the molecule is CCNC(=NCc1sc(C)nc1C)NCC(C)c1ccc(C)cc1. The molecule has 2 aromatic rings. The molecule has 1 unspecified atom stereocenters. The largest absolute Gasteiger partial charge is 0.357 e. The summed E-state index contributed by atoms with van der Waals surface area (Å²) in [5, 5.41) is 7.87. The van der Waals surface area contributed by atoms with E-state index in [4.69, 9.17) is 4.99 Å². The normalized spacial score (nSPS) is 13.0. The number of hydrogen-bond acceptors (Lipinski definition) is 3. The molecule has 0 aliphatic rings. The van der Waals surface area contributed by atoms with Gasteiger partial charge in [0.2, 0.25) is 0 Å². The van der Waals surface area contributed by atoms with E-state index in [-0.39, 0.29) is 0 Å². The molecule has 4 nitrogen and oxygen atoms in total. The molecule has 1 atom stereocenters. The Hall–Kier alpha value is -1.88. The van der Waals surface area contributed by atoms with Crippen molar-refractivity contribution in [2.24, 2.45) is 4.99 Å². The number of benzene rings is 1. The van der Waals surface area contributed by atoms with Crippen molar-refractivity contribution in [2.75, 3.05) is 13.1 Å². The molecule has 1 aromatic carbocycles. The Balaban J connectivity index is 1.96. The van der Waals surface area contributed by atoms with Crippen LogP contribution in [-0.2, 0) is 6.54 Å². The van der Waals surface area contributed by atoms with Gasteiger partial charge in [-0.2, -0.15) is 0 Å². The first-order chi connectivity index (χ1) is 11.5. The molecular formula is C19H28N4S. The Bertz CT molecular complexity index is 673. The van der Waals surface area contributed by atoms with Crippen molar-refractivity contribution in [3.05, 3.63) is 51.0 Å². The zero-order valence-electron chi connectivity index (χ0n) is 15.3. The molecule has 0 aliphatic carbocycles. The van der Waals surface area contributed by atoms with Crippen LogP contribution in [0.4, 0.5) is 0 Å². The van der Waals surface area contributed by atoms with E-state index in [1.165, 1.54) is 16.0 Å². The van der Waals surface area contributed by atoms with Crippen molar-refractivity contribution in [2.45, 2.75) is 47.1 Å². The van der Waals surface area contributed by atoms with E-state index in [1.54, 1.807) is 11.3 Å². The van der Waals surface area contributed by atoms with E-state index in [0.717, 1.165) is 29.8 Å². The maximum Gasteiger partial charge on any atom is 0.191 e. The lowest BCUT2D eigenvalue weighted by Crippen LogP contribution is -2.39. The standard InChI is InChI=1S/C19H28N4S/c1-6-20-19(22-12-18-15(4)23-16(5)24-18)21-11-14(3)17-9-7-13(2)8-10-17/h7-10,14H,6,11-12H2,1-5H3,(H2,20,21,22). The maximum absolute atomic E-state index is 4.70. The van der Waals surface area contributed by atoms with Crippen molar-refractivity contribution in [3.8, 4) is 0 Å². The summed E-state index contributed by atoms with van der Waals surface area (Å²) in [5.41, 5.74) is 3.73. The monoisotopic (exact) mass is 344 g/mol. The fraction of sp³-hybridized carbons (Fsp3) is 0.474. The maximum atomic E-state index is 4.70. The zero-order valence-corrected chi connectivity index (χ0v) is 16.1. The van der Waals surface area contributed by atoms with Gasteiger partial charge in [-0.3, -0.25) is 0 Å². The predicted molar refractivity (Wildman–Crippen MR) is 104 cm³/mol. The molecule has 0 fully saturated rings. The van der Waals surface area contributed by atoms with Gasteiger partial charge in [0, 0.05) is 18.0 Å². The average molecular weight is 345 g/mol. The van der Waals surface area contributed by atoms with Crippen molar-refractivity contribution in [1.82, 2.24) is 15.6 Å². The third-order valence-electron chi connectivity index (χ3n) is 3.95. The third-order valence-corrected chi connectivity index (χ3v) is 5.00. The van der Waals surface area contributed by atoms with E-state index < -0.39 is 0 Å². The first-order valence-corrected chi connectivity index (χ1v) is 9.33. The number of aromatic nitrogens is 1. The zero-order chi connectivity index (χ0) is 17.5. The molecule has 0 amide bonds. The predicted octanol–water partition coefficient (Wildman–Crippen LogP) is 3.93. The molecule has 130 valence electrons. The van der Waals surface area contributed by atoms with E-state index in [1.807, 2.05) is 13.8 Å². The first-order valence-electron chi connectivity index (χ1n) is 8.51. The van der Waals surface area contributed by atoms with E-state index in [0.29, 0.717) is 12.5 Å². The number of rotatable bonds is 6. The highest BCUT2D eigenvalue weighted by Crippen LogP contribution is 2.18. The van der Waals surface area contributed by atoms with Gasteiger partial charge in [-0.15, -0.1) is 11.3 Å². The van der Waals surface area contributed by atoms with Crippen molar-refractivity contribution in [1.29, 1.82) is 0 Å². The summed E-state index contributed by atoms with van der Waals surface area (Å²) in [6, 6.07) is 8.74. The summed E-state index contributed by atoms with van der Waals surface area (Å²) < 4.78 is 0. The van der Waals surface area contributed by atoms with Gasteiger partial charge in [-0.05, 0) is 39.2 Å². The highest BCUT2D eigenvalue weighted by Gasteiger charge is 2.08. The lowest BCUT2D eigenvalue weighted by molar-refractivity contribution is 0.699. The smallest absolute Gasteiger partial charge is 0.191 e. The van der Waals surface area contributed by atoms with Crippen LogP contribution in [0.1, 0.15) is 46.5 Å². The van der Waals surface area contributed by atoms with Crippen LogP contribution in [0.2, 0.25) is 0 Å². The fourth-order valence-electron chi connectivity index (χ4n) is 2.48. The molecule has 0 spiro atoms. The van der Waals surface area contributed by atoms with Gasteiger partial charge in [-0.1, -0.05) is 36.8 Å². The Kier molecular flexibility index (Phi) is 6.79. The molecule has 0 aliphatic heterocycles. The minimum Gasteiger partial charge on any atom is -0.357 e. The molecule has 0 saturated carbocycles.